The lowest BCUT2D eigenvalue weighted by atomic mass is 10.0. The summed E-state index contributed by atoms with van der Waals surface area (Å²) < 4.78 is 27.1. The number of benzene rings is 1. The molecular formula is C16H25NO3S. The number of hydrogen-bond donors (Lipinski definition) is 1. The minimum Gasteiger partial charge on any atom is -0.396 e. The van der Waals surface area contributed by atoms with E-state index < -0.39 is 10.0 Å². The van der Waals surface area contributed by atoms with Gasteiger partial charge in [-0.25, -0.2) is 8.42 Å². The van der Waals surface area contributed by atoms with Crippen molar-refractivity contribution in [2.45, 2.75) is 56.4 Å². The second kappa shape index (κ2) is 6.90. The summed E-state index contributed by atoms with van der Waals surface area (Å²) in [5.41, 5.74) is 1.15. The predicted molar refractivity (Wildman–Crippen MR) is 83.8 cm³/mol. The highest BCUT2D eigenvalue weighted by Crippen LogP contribution is 2.32. The van der Waals surface area contributed by atoms with E-state index in [0.717, 1.165) is 18.4 Å². The molecule has 4 nitrogen and oxygen atoms in total. The molecule has 1 saturated carbocycles. The molecule has 1 fully saturated rings. The lowest BCUT2D eigenvalue weighted by Crippen LogP contribution is -2.34. The molecule has 0 bridgehead atoms. The van der Waals surface area contributed by atoms with Crippen molar-refractivity contribution in [2.24, 2.45) is 0 Å². The second-order valence-corrected chi connectivity index (χ2v) is 7.89. The predicted octanol–water partition coefficient (Wildman–Crippen LogP) is 2.74. The zero-order valence-corrected chi connectivity index (χ0v) is 13.6. The fourth-order valence-electron chi connectivity index (χ4n) is 2.40. The molecule has 0 heterocycles. The molecule has 0 aliphatic heterocycles. The van der Waals surface area contributed by atoms with Crippen LogP contribution in [0.4, 0.5) is 0 Å². The molecule has 0 amide bonds. The Morgan fingerprint density at radius 2 is 1.81 bits per heavy atom. The van der Waals surface area contributed by atoms with Gasteiger partial charge in [-0.1, -0.05) is 26.0 Å². The average molecular weight is 311 g/mol. The Morgan fingerprint density at radius 3 is 2.29 bits per heavy atom. The molecule has 1 N–H and O–H groups in total. The summed E-state index contributed by atoms with van der Waals surface area (Å²) in [6, 6.07) is 7.38. The minimum atomic E-state index is -3.41. The molecule has 0 saturated heterocycles. The highest BCUT2D eigenvalue weighted by molar-refractivity contribution is 7.89. The van der Waals surface area contributed by atoms with E-state index in [1.54, 1.807) is 16.4 Å². The maximum absolute atomic E-state index is 12.8. The first-order valence-electron chi connectivity index (χ1n) is 7.69. The van der Waals surface area contributed by atoms with Gasteiger partial charge in [-0.05, 0) is 49.3 Å². The molecule has 1 aliphatic rings. The molecule has 21 heavy (non-hydrogen) atoms. The largest absolute Gasteiger partial charge is 0.396 e. The Bertz CT molecular complexity index is 547. The number of rotatable bonds is 8. The smallest absolute Gasteiger partial charge is 0.243 e. The Hall–Kier alpha value is -0.910. The van der Waals surface area contributed by atoms with E-state index in [1.165, 1.54) is 0 Å². The normalized spacial score (nSPS) is 15.9. The SMILES string of the molecule is CC(C)c1ccc(S(=O)(=O)N(CCCCO)C2CC2)cc1. The zero-order valence-electron chi connectivity index (χ0n) is 12.8. The third kappa shape index (κ3) is 4.05. The lowest BCUT2D eigenvalue weighted by molar-refractivity contribution is 0.275. The van der Waals surface area contributed by atoms with Crippen LogP contribution in [0.1, 0.15) is 51.0 Å². The molecule has 0 spiro atoms. The van der Waals surface area contributed by atoms with Gasteiger partial charge in [0.1, 0.15) is 0 Å². The van der Waals surface area contributed by atoms with Gasteiger partial charge in [-0.2, -0.15) is 4.31 Å². The van der Waals surface area contributed by atoms with Crippen LogP contribution in [0, 0.1) is 0 Å². The molecule has 1 aromatic rings. The van der Waals surface area contributed by atoms with Crippen LogP contribution in [0.15, 0.2) is 29.2 Å². The maximum Gasteiger partial charge on any atom is 0.243 e. The van der Waals surface area contributed by atoms with Crippen LogP contribution in [-0.2, 0) is 10.0 Å². The van der Waals surface area contributed by atoms with Crippen LogP contribution in [-0.4, -0.2) is 37.0 Å². The van der Waals surface area contributed by atoms with Gasteiger partial charge in [0.25, 0.3) is 0 Å². The van der Waals surface area contributed by atoms with Crippen molar-refractivity contribution in [2.75, 3.05) is 13.2 Å². The van der Waals surface area contributed by atoms with Crippen LogP contribution < -0.4 is 0 Å². The number of nitrogens with zero attached hydrogens (tertiary/aromatic N) is 1. The highest BCUT2D eigenvalue weighted by atomic mass is 32.2. The van der Waals surface area contributed by atoms with Crippen LogP contribution >= 0.6 is 0 Å². The van der Waals surface area contributed by atoms with Crippen LogP contribution in [0.3, 0.4) is 0 Å². The summed E-state index contributed by atoms with van der Waals surface area (Å²) in [4.78, 5) is 0.378. The number of aliphatic hydroxyl groups excluding tert-OH is 1. The molecule has 0 radical (unpaired) electrons. The van der Waals surface area contributed by atoms with Crippen LogP contribution in [0.2, 0.25) is 0 Å². The summed E-state index contributed by atoms with van der Waals surface area (Å²) in [6.45, 7) is 4.80. The van der Waals surface area contributed by atoms with Crippen molar-refractivity contribution >= 4 is 10.0 Å². The Morgan fingerprint density at radius 1 is 1.19 bits per heavy atom. The van der Waals surface area contributed by atoms with Crippen LogP contribution in [0.5, 0.6) is 0 Å². The van der Waals surface area contributed by atoms with E-state index >= 15 is 0 Å². The first-order valence-corrected chi connectivity index (χ1v) is 9.13. The van der Waals surface area contributed by atoms with Crippen molar-refractivity contribution in [1.82, 2.24) is 4.31 Å². The zero-order chi connectivity index (χ0) is 15.5. The number of aliphatic hydroxyl groups is 1. The van der Waals surface area contributed by atoms with E-state index in [-0.39, 0.29) is 12.6 Å². The Kier molecular flexibility index (Phi) is 5.41. The molecular weight excluding hydrogens is 286 g/mol. The van der Waals surface area contributed by atoms with Crippen molar-refractivity contribution in [3.8, 4) is 0 Å². The quantitative estimate of drug-likeness (QED) is 0.751. The van der Waals surface area contributed by atoms with Crippen molar-refractivity contribution in [1.29, 1.82) is 0 Å². The molecule has 2 rings (SSSR count). The van der Waals surface area contributed by atoms with Crippen LogP contribution in [0.25, 0.3) is 0 Å². The summed E-state index contributed by atoms with van der Waals surface area (Å²) in [5.74, 6) is 0.394. The summed E-state index contributed by atoms with van der Waals surface area (Å²) in [6.07, 6.45) is 3.24. The maximum atomic E-state index is 12.8. The van der Waals surface area contributed by atoms with Crippen molar-refractivity contribution < 1.29 is 13.5 Å². The van der Waals surface area contributed by atoms with E-state index in [2.05, 4.69) is 13.8 Å². The summed E-state index contributed by atoms with van der Waals surface area (Å²) >= 11 is 0. The van der Waals surface area contributed by atoms with Crippen molar-refractivity contribution in [3.05, 3.63) is 29.8 Å². The van der Waals surface area contributed by atoms with Gasteiger partial charge >= 0.3 is 0 Å². The highest BCUT2D eigenvalue weighted by Gasteiger charge is 2.37. The monoisotopic (exact) mass is 311 g/mol. The van der Waals surface area contributed by atoms with Gasteiger partial charge in [-0.15, -0.1) is 0 Å². The molecule has 0 atom stereocenters. The lowest BCUT2D eigenvalue weighted by Gasteiger charge is -2.22. The van der Waals surface area contributed by atoms with E-state index in [0.29, 0.717) is 30.2 Å². The van der Waals surface area contributed by atoms with Gasteiger partial charge in [0.05, 0.1) is 4.90 Å². The molecule has 0 aromatic heterocycles. The summed E-state index contributed by atoms with van der Waals surface area (Å²) in [5, 5.41) is 8.87. The summed E-state index contributed by atoms with van der Waals surface area (Å²) in [7, 11) is -3.41. The third-order valence-electron chi connectivity index (χ3n) is 3.89. The molecule has 1 aromatic carbocycles. The second-order valence-electron chi connectivity index (χ2n) is 6.00. The molecule has 1 aliphatic carbocycles. The first-order chi connectivity index (χ1) is 9.96. The average Bonchev–Trinajstić information content (AvgIpc) is 3.28. The topological polar surface area (TPSA) is 57.6 Å². The van der Waals surface area contributed by atoms with E-state index in [1.807, 2.05) is 12.1 Å². The van der Waals surface area contributed by atoms with E-state index in [4.69, 9.17) is 5.11 Å². The third-order valence-corrected chi connectivity index (χ3v) is 5.86. The van der Waals surface area contributed by atoms with Gasteiger partial charge < -0.3 is 5.11 Å². The fourth-order valence-corrected chi connectivity index (χ4v) is 4.12. The number of hydrogen-bond acceptors (Lipinski definition) is 3. The van der Waals surface area contributed by atoms with Gasteiger partial charge in [0, 0.05) is 19.2 Å². The standard InChI is InChI=1S/C16H25NO3S/c1-13(2)14-5-9-16(10-6-14)21(19,20)17(15-7-8-15)11-3-4-12-18/h5-6,9-10,13,15,18H,3-4,7-8,11-12H2,1-2H3. The molecule has 0 unspecified atom stereocenters. The number of unbranched alkanes of at least 4 members (excludes halogenated alkanes) is 1. The van der Waals surface area contributed by atoms with Gasteiger partial charge in [-0.3, -0.25) is 0 Å². The fraction of sp³-hybridized carbons (Fsp3) is 0.625. The first kappa shape index (κ1) is 16.5. The minimum absolute atomic E-state index is 0.113. The molecule has 5 heteroatoms. The number of sulfonamides is 1. The van der Waals surface area contributed by atoms with E-state index in [9.17, 15) is 8.42 Å². The van der Waals surface area contributed by atoms with Gasteiger partial charge in [0.15, 0.2) is 0 Å². The Labute approximate surface area is 127 Å². The molecule has 118 valence electrons. The van der Waals surface area contributed by atoms with Crippen molar-refractivity contribution in [3.63, 3.8) is 0 Å². The Balaban J connectivity index is 2.17. The van der Waals surface area contributed by atoms with Gasteiger partial charge in [0.2, 0.25) is 10.0 Å².